The summed E-state index contributed by atoms with van der Waals surface area (Å²) in [7, 11) is 5.47. The predicted octanol–water partition coefficient (Wildman–Crippen LogP) is 3.61. The first kappa shape index (κ1) is 29.2. The van der Waals surface area contributed by atoms with Crippen LogP contribution in [-0.2, 0) is 21.4 Å². The molecule has 2 aromatic carbocycles. The van der Waals surface area contributed by atoms with Gasteiger partial charge in [-0.15, -0.1) is 0 Å². The second-order valence-corrected chi connectivity index (χ2v) is 12.9. The van der Waals surface area contributed by atoms with E-state index in [4.69, 9.17) is 0 Å². The first-order chi connectivity index (χ1) is 20.8. The number of H-pyrrole nitrogens is 1. The number of carbonyl (C=O) groups is 3. The number of fused-ring (bicyclic) bond motifs is 3. The number of nitrogens with zero attached hydrogens (tertiary/aromatic N) is 3. The zero-order valence-corrected chi connectivity index (χ0v) is 25.6. The smallest absolute Gasteiger partial charge is 0.318 e. The molecule has 0 radical (unpaired) electrons. The highest BCUT2D eigenvalue weighted by Gasteiger charge is 2.48. The van der Waals surface area contributed by atoms with Crippen LogP contribution in [0.15, 0.2) is 54.7 Å². The molecule has 3 N–H and O–H groups in total. The summed E-state index contributed by atoms with van der Waals surface area (Å²) in [6.07, 6.45) is 6.72. The SMILES string of the molecule is CN(C)C(=O)[C@@H]1CC2(CCN(C(=O)[C@@H](Cc3c[nH]c4ccccc34)NC(=O)N(C)[C@H]3CCCNC3)CC2)c2ccccc21. The average molecular weight is 585 g/mol. The van der Waals surface area contributed by atoms with E-state index in [2.05, 4.69) is 39.9 Å². The van der Waals surface area contributed by atoms with E-state index in [1.807, 2.05) is 56.5 Å². The number of rotatable bonds is 6. The number of aromatic nitrogens is 1. The maximum absolute atomic E-state index is 14.2. The molecule has 0 saturated carbocycles. The van der Waals surface area contributed by atoms with E-state index in [0.717, 1.165) is 67.2 Å². The lowest BCUT2D eigenvalue weighted by Gasteiger charge is -2.41. The van der Waals surface area contributed by atoms with Crippen LogP contribution in [0.25, 0.3) is 10.9 Å². The second-order valence-electron chi connectivity index (χ2n) is 12.9. The number of nitrogens with one attached hydrogen (secondary N) is 3. The minimum atomic E-state index is -0.682. The maximum atomic E-state index is 14.2. The molecule has 4 amide bonds. The maximum Gasteiger partial charge on any atom is 0.318 e. The van der Waals surface area contributed by atoms with Crippen LogP contribution < -0.4 is 10.6 Å². The van der Waals surface area contributed by atoms with Crippen molar-refractivity contribution in [3.05, 3.63) is 71.4 Å². The molecule has 228 valence electrons. The Balaban J connectivity index is 1.21. The summed E-state index contributed by atoms with van der Waals surface area (Å²) in [5, 5.41) is 7.57. The van der Waals surface area contributed by atoms with Gasteiger partial charge in [-0.3, -0.25) is 9.59 Å². The number of para-hydroxylation sites is 1. The van der Waals surface area contributed by atoms with E-state index in [-0.39, 0.29) is 35.2 Å². The van der Waals surface area contributed by atoms with Crippen molar-refractivity contribution in [2.45, 2.75) is 61.9 Å². The van der Waals surface area contributed by atoms with E-state index in [9.17, 15) is 14.4 Å². The van der Waals surface area contributed by atoms with Crippen LogP contribution in [0.5, 0.6) is 0 Å². The molecule has 1 aromatic heterocycles. The Morgan fingerprint density at radius 1 is 1.05 bits per heavy atom. The van der Waals surface area contributed by atoms with Gasteiger partial charge in [-0.05, 0) is 61.4 Å². The topological polar surface area (TPSA) is 101 Å². The quantitative estimate of drug-likeness (QED) is 0.412. The van der Waals surface area contributed by atoms with Gasteiger partial charge in [0.15, 0.2) is 0 Å². The Labute approximate surface area is 254 Å². The number of amides is 4. The van der Waals surface area contributed by atoms with Crippen LogP contribution in [0.2, 0.25) is 0 Å². The molecular weight excluding hydrogens is 540 g/mol. The summed E-state index contributed by atoms with van der Waals surface area (Å²) < 4.78 is 0. The third-order valence-corrected chi connectivity index (χ3v) is 10.1. The van der Waals surface area contributed by atoms with Crippen LogP contribution in [0.1, 0.15) is 54.7 Å². The van der Waals surface area contributed by atoms with Gasteiger partial charge in [0.1, 0.15) is 6.04 Å². The Hall–Kier alpha value is -3.85. The molecule has 9 heteroatoms. The monoisotopic (exact) mass is 584 g/mol. The van der Waals surface area contributed by atoms with Gasteiger partial charge in [0.05, 0.1) is 5.92 Å². The number of aromatic amines is 1. The molecule has 3 aliphatic rings. The number of benzene rings is 2. The van der Waals surface area contributed by atoms with E-state index < -0.39 is 6.04 Å². The van der Waals surface area contributed by atoms with Crippen molar-refractivity contribution < 1.29 is 14.4 Å². The van der Waals surface area contributed by atoms with Crippen molar-refractivity contribution in [3.8, 4) is 0 Å². The number of hydrogen-bond donors (Lipinski definition) is 3. The molecule has 3 aromatic rings. The summed E-state index contributed by atoms with van der Waals surface area (Å²) in [5.74, 6) is -0.0513. The van der Waals surface area contributed by atoms with E-state index >= 15 is 0 Å². The molecule has 1 spiro atoms. The first-order valence-electron chi connectivity index (χ1n) is 15.7. The van der Waals surface area contributed by atoms with E-state index in [1.54, 1.807) is 9.80 Å². The van der Waals surface area contributed by atoms with Crippen LogP contribution in [0.3, 0.4) is 0 Å². The van der Waals surface area contributed by atoms with Crippen molar-refractivity contribution in [3.63, 3.8) is 0 Å². The Bertz CT molecular complexity index is 1480. The highest BCUT2D eigenvalue weighted by atomic mass is 16.2. The van der Waals surface area contributed by atoms with Crippen molar-refractivity contribution in [1.29, 1.82) is 0 Å². The number of carbonyl (C=O) groups excluding carboxylic acids is 3. The van der Waals surface area contributed by atoms with Gasteiger partial charge in [-0.2, -0.15) is 0 Å². The number of likely N-dealkylation sites (N-methyl/N-ethyl adjacent to an activating group) is 2. The lowest BCUT2D eigenvalue weighted by molar-refractivity contribution is -0.135. The van der Waals surface area contributed by atoms with E-state index in [1.165, 1.54) is 5.56 Å². The van der Waals surface area contributed by atoms with Crippen molar-refractivity contribution >= 4 is 28.7 Å². The first-order valence-corrected chi connectivity index (χ1v) is 15.7. The molecular formula is C34H44N6O3. The third-order valence-electron chi connectivity index (χ3n) is 10.1. The normalized spacial score (nSPS) is 21.8. The molecule has 3 atom stereocenters. The van der Waals surface area contributed by atoms with Gasteiger partial charge < -0.3 is 30.3 Å². The van der Waals surface area contributed by atoms with Gasteiger partial charge in [0.25, 0.3) is 0 Å². The zero-order chi connectivity index (χ0) is 30.1. The fraction of sp³-hybridized carbons (Fsp3) is 0.500. The van der Waals surface area contributed by atoms with Crippen LogP contribution >= 0.6 is 0 Å². The van der Waals surface area contributed by atoms with Crippen LogP contribution in [0.4, 0.5) is 4.79 Å². The zero-order valence-electron chi connectivity index (χ0n) is 25.6. The molecule has 6 rings (SSSR count). The fourth-order valence-electron chi connectivity index (χ4n) is 7.58. The summed E-state index contributed by atoms with van der Waals surface area (Å²) in [6.45, 7) is 2.92. The number of hydrogen-bond acceptors (Lipinski definition) is 4. The summed E-state index contributed by atoms with van der Waals surface area (Å²) in [5.41, 5.74) is 4.30. The lowest BCUT2D eigenvalue weighted by Crippen LogP contribution is -2.57. The van der Waals surface area contributed by atoms with Crippen LogP contribution in [-0.4, -0.2) is 96.9 Å². The van der Waals surface area contributed by atoms with Gasteiger partial charge >= 0.3 is 6.03 Å². The van der Waals surface area contributed by atoms with Gasteiger partial charge in [0, 0.05) is 75.8 Å². The van der Waals surface area contributed by atoms with Gasteiger partial charge in [-0.1, -0.05) is 42.5 Å². The fourth-order valence-corrected chi connectivity index (χ4v) is 7.58. The summed E-state index contributed by atoms with van der Waals surface area (Å²) in [6, 6.07) is 15.6. The molecule has 2 saturated heterocycles. The minimum Gasteiger partial charge on any atom is -0.361 e. The standard InChI is InChI=1S/C34H44N6O3/c1-38(2)31(41)27-20-34(28-12-6-4-11-26(27)28)14-17-40(18-15-34)32(42)30(19-23-21-36-29-13-7-5-10-25(23)29)37-33(43)39(3)24-9-8-16-35-22-24/h4-7,10-13,21,24,27,30,35-36H,8-9,14-20,22H2,1-3H3,(H,37,43)/t24-,27+,30+/m0/s1. The van der Waals surface area contributed by atoms with Gasteiger partial charge in [0.2, 0.25) is 11.8 Å². The largest absolute Gasteiger partial charge is 0.361 e. The molecule has 9 nitrogen and oxygen atoms in total. The number of urea groups is 1. The Morgan fingerprint density at radius 3 is 2.53 bits per heavy atom. The molecule has 3 heterocycles. The second kappa shape index (κ2) is 12.0. The molecule has 2 fully saturated rings. The Morgan fingerprint density at radius 2 is 1.79 bits per heavy atom. The number of likely N-dealkylation sites (tertiary alicyclic amines) is 1. The van der Waals surface area contributed by atoms with E-state index in [0.29, 0.717) is 19.5 Å². The minimum absolute atomic E-state index is 0.0455. The highest BCUT2D eigenvalue weighted by Crippen LogP contribution is 2.52. The average Bonchev–Trinajstić information content (AvgIpc) is 3.59. The highest BCUT2D eigenvalue weighted by molar-refractivity contribution is 5.90. The summed E-state index contributed by atoms with van der Waals surface area (Å²) >= 11 is 0. The molecule has 43 heavy (non-hydrogen) atoms. The third kappa shape index (κ3) is 5.62. The molecule has 2 aliphatic heterocycles. The van der Waals surface area contributed by atoms with Crippen molar-refractivity contribution in [1.82, 2.24) is 30.3 Å². The molecule has 1 aliphatic carbocycles. The predicted molar refractivity (Wildman–Crippen MR) is 168 cm³/mol. The van der Waals surface area contributed by atoms with Crippen molar-refractivity contribution in [2.24, 2.45) is 0 Å². The van der Waals surface area contributed by atoms with Crippen molar-refractivity contribution in [2.75, 3.05) is 47.3 Å². The lowest BCUT2D eigenvalue weighted by atomic mass is 9.73. The van der Waals surface area contributed by atoms with Crippen LogP contribution in [0, 0.1) is 0 Å². The molecule has 0 bridgehead atoms. The van der Waals surface area contributed by atoms with Gasteiger partial charge in [-0.25, -0.2) is 4.79 Å². The number of piperidine rings is 2. The summed E-state index contributed by atoms with van der Waals surface area (Å²) in [4.78, 5) is 49.5. The Kier molecular flexibility index (Phi) is 8.18. The molecule has 0 unspecified atom stereocenters.